The first-order valence-corrected chi connectivity index (χ1v) is 8.65. The fourth-order valence-electron chi connectivity index (χ4n) is 2.90. The minimum atomic E-state index is -0.372. The number of nitrogens with zero attached hydrogens (tertiary/aromatic N) is 4. The molecule has 0 aliphatic heterocycles. The molecule has 1 unspecified atom stereocenters. The van der Waals surface area contributed by atoms with Crippen LogP contribution < -0.4 is 11.3 Å². The average Bonchev–Trinajstić information content (AvgIpc) is 3.21. The molecular formula is C19H21N5O3. The second-order valence-corrected chi connectivity index (χ2v) is 5.99. The van der Waals surface area contributed by atoms with E-state index in [1.807, 2.05) is 6.07 Å². The zero-order valence-electron chi connectivity index (χ0n) is 14.7. The van der Waals surface area contributed by atoms with Crippen molar-refractivity contribution < 1.29 is 10.2 Å². The highest BCUT2D eigenvalue weighted by Gasteiger charge is 2.17. The summed E-state index contributed by atoms with van der Waals surface area (Å²) in [6.07, 6.45) is 7.09. The molecule has 0 bridgehead atoms. The molecule has 3 aromatic rings. The molecule has 8 nitrogen and oxygen atoms in total. The van der Waals surface area contributed by atoms with Gasteiger partial charge in [-0.1, -0.05) is 11.8 Å². The highest BCUT2D eigenvalue weighted by Crippen LogP contribution is 2.18. The SMILES string of the molecule is NCCc1c(C#CC(CO)CCO)c2cccnc2n(-n2ccnc2)c1=O. The molecule has 0 aliphatic carbocycles. The molecule has 0 amide bonds. The van der Waals surface area contributed by atoms with E-state index in [9.17, 15) is 9.90 Å². The fourth-order valence-corrected chi connectivity index (χ4v) is 2.90. The van der Waals surface area contributed by atoms with E-state index in [0.29, 0.717) is 41.5 Å². The number of rotatable bonds is 6. The summed E-state index contributed by atoms with van der Waals surface area (Å²) < 4.78 is 3.01. The Hall–Kier alpha value is -2.99. The second-order valence-electron chi connectivity index (χ2n) is 5.99. The van der Waals surface area contributed by atoms with E-state index < -0.39 is 0 Å². The minimum Gasteiger partial charge on any atom is -0.396 e. The zero-order chi connectivity index (χ0) is 19.2. The van der Waals surface area contributed by atoms with Gasteiger partial charge >= 0.3 is 0 Å². The molecule has 0 saturated heterocycles. The van der Waals surface area contributed by atoms with Gasteiger partial charge in [-0.3, -0.25) is 4.79 Å². The van der Waals surface area contributed by atoms with Gasteiger partial charge in [0, 0.05) is 47.6 Å². The first-order chi connectivity index (χ1) is 13.2. The molecule has 3 aromatic heterocycles. The van der Waals surface area contributed by atoms with E-state index in [0.717, 1.165) is 0 Å². The van der Waals surface area contributed by atoms with Gasteiger partial charge in [0.25, 0.3) is 5.56 Å². The minimum absolute atomic E-state index is 0.0694. The third kappa shape index (κ3) is 3.75. The summed E-state index contributed by atoms with van der Waals surface area (Å²) in [5, 5.41) is 19.2. The molecule has 8 heteroatoms. The molecule has 3 heterocycles. The van der Waals surface area contributed by atoms with Crippen LogP contribution >= 0.6 is 0 Å². The van der Waals surface area contributed by atoms with Crippen LogP contribution in [0.3, 0.4) is 0 Å². The van der Waals surface area contributed by atoms with E-state index in [2.05, 4.69) is 21.8 Å². The van der Waals surface area contributed by atoms with Crippen molar-refractivity contribution in [1.29, 1.82) is 0 Å². The Bertz CT molecular complexity index is 1030. The third-order valence-electron chi connectivity index (χ3n) is 4.22. The largest absolute Gasteiger partial charge is 0.396 e. The highest BCUT2D eigenvalue weighted by molar-refractivity contribution is 5.83. The van der Waals surface area contributed by atoms with Crippen molar-refractivity contribution in [3.05, 3.63) is 58.5 Å². The molecule has 4 N–H and O–H groups in total. The van der Waals surface area contributed by atoms with Crippen molar-refractivity contribution in [1.82, 2.24) is 19.3 Å². The molecule has 0 spiro atoms. The van der Waals surface area contributed by atoms with Gasteiger partial charge < -0.3 is 15.9 Å². The normalized spacial score (nSPS) is 12.0. The molecule has 0 aliphatic rings. The predicted octanol–water partition coefficient (Wildman–Crippen LogP) is -0.252. The van der Waals surface area contributed by atoms with Gasteiger partial charge in [0.15, 0.2) is 5.65 Å². The van der Waals surface area contributed by atoms with Crippen LogP contribution in [0.25, 0.3) is 11.0 Å². The van der Waals surface area contributed by atoms with Crippen molar-refractivity contribution in [2.24, 2.45) is 11.7 Å². The third-order valence-corrected chi connectivity index (χ3v) is 4.22. The van der Waals surface area contributed by atoms with Crippen molar-refractivity contribution in [3.8, 4) is 11.8 Å². The zero-order valence-corrected chi connectivity index (χ0v) is 14.7. The Morgan fingerprint density at radius 2 is 2.15 bits per heavy atom. The number of hydrogen-bond donors (Lipinski definition) is 3. The Labute approximate surface area is 155 Å². The van der Waals surface area contributed by atoms with Crippen molar-refractivity contribution in [2.45, 2.75) is 12.8 Å². The number of aromatic nitrogens is 4. The molecule has 1 atom stereocenters. The quantitative estimate of drug-likeness (QED) is 0.517. The molecular weight excluding hydrogens is 346 g/mol. The van der Waals surface area contributed by atoms with Crippen LogP contribution in [0.2, 0.25) is 0 Å². The van der Waals surface area contributed by atoms with Crippen molar-refractivity contribution in [3.63, 3.8) is 0 Å². The maximum Gasteiger partial charge on any atom is 0.276 e. The molecule has 0 radical (unpaired) electrons. The highest BCUT2D eigenvalue weighted by atomic mass is 16.3. The molecule has 0 aromatic carbocycles. The van der Waals surface area contributed by atoms with Crippen LogP contribution in [-0.4, -0.2) is 49.3 Å². The van der Waals surface area contributed by atoms with Gasteiger partial charge in [-0.25, -0.2) is 14.6 Å². The number of aliphatic hydroxyl groups is 2. The maximum atomic E-state index is 13.2. The summed E-state index contributed by atoms with van der Waals surface area (Å²) in [6, 6.07) is 3.62. The predicted molar refractivity (Wildman–Crippen MR) is 101 cm³/mol. The topological polar surface area (TPSA) is 119 Å². The number of imidazole rings is 1. The lowest BCUT2D eigenvalue weighted by atomic mass is 10.0. The number of fused-ring (bicyclic) bond motifs is 1. The van der Waals surface area contributed by atoms with Gasteiger partial charge in [0.05, 0.1) is 6.61 Å². The van der Waals surface area contributed by atoms with E-state index in [4.69, 9.17) is 10.8 Å². The van der Waals surface area contributed by atoms with Crippen LogP contribution in [0.15, 0.2) is 41.8 Å². The van der Waals surface area contributed by atoms with E-state index in [1.165, 1.54) is 11.0 Å². The van der Waals surface area contributed by atoms with Gasteiger partial charge in [-0.05, 0) is 31.5 Å². The Kier molecular flexibility index (Phi) is 5.98. The molecule has 3 rings (SSSR count). The second kappa shape index (κ2) is 8.60. The summed E-state index contributed by atoms with van der Waals surface area (Å²) in [5.74, 6) is 5.63. The monoisotopic (exact) mass is 367 g/mol. The van der Waals surface area contributed by atoms with Crippen LogP contribution in [0.1, 0.15) is 17.5 Å². The summed E-state index contributed by atoms with van der Waals surface area (Å²) in [7, 11) is 0. The Morgan fingerprint density at radius 3 is 2.81 bits per heavy atom. The smallest absolute Gasteiger partial charge is 0.276 e. The average molecular weight is 367 g/mol. The number of aliphatic hydroxyl groups excluding tert-OH is 2. The van der Waals surface area contributed by atoms with E-state index >= 15 is 0 Å². The summed E-state index contributed by atoms with van der Waals surface area (Å²) >= 11 is 0. The van der Waals surface area contributed by atoms with Crippen molar-refractivity contribution >= 4 is 11.0 Å². The standard InChI is InChI=1S/C19H21N5O3/c20-7-5-17-15(4-3-14(12-26)6-11-25)16-2-1-8-22-18(16)24(19(17)27)23-10-9-21-13-23/h1-2,8-10,13-14,25-26H,5-7,11-12,20H2. The number of pyridine rings is 2. The van der Waals surface area contributed by atoms with E-state index in [1.54, 1.807) is 29.3 Å². The summed E-state index contributed by atoms with van der Waals surface area (Å²) in [5.41, 5.74) is 6.96. The van der Waals surface area contributed by atoms with E-state index in [-0.39, 0.29) is 24.7 Å². The van der Waals surface area contributed by atoms with Crippen LogP contribution in [0.4, 0.5) is 0 Å². The van der Waals surface area contributed by atoms with Crippen LogP contribution in [0, 0.1) is 17.8 Å². The number of hydrogen-bond acceptors (Lipinski definition) is 6. The van der Waals surface area contributed by atoms with Gasteiger partial charge in [-0.2, -0.15) is 4.68 Å². The molecule has 0 fully saturated rings. The van der Waals surface area contributed by atoms with Crippen LogP contribution in [0.5, 0.6) is 0 Å². The Balaban J connectivity index is 2.31. The summed E-state index contributed by atoms with van der Waals surface area (Å²) in [6.45, 7) is 0.0574. The number of nitrogens with two attached hydrogens (primary N) is 1. The first-order valence-electron chi connectivity index (χ1n) is 8.65. The van der Waals surface area contributed by atoms with Gasteiger partial charge in [-0.15, -0.1) is 0 Å². The lowest BCUT2D eigenvalue weighted by Crippen LogP contribution is -2.31. The molecule has 27 heavy (non-hydrogen) atoms. The lowest BCUT2D eigenvalue weighted by molar-refractivity contribution is 0.212. The van der Waals surface area contributed by atoms with Crippen molar-refractivity contribution in [2.75, 3.05) is 19.8 Å². The molecule has 140 valence electrons. The lowest BCUT2D eigenvalue weighted by Gasteiger charge is -2.14. The Morgan fingerprint density at radius 1 is 1.30 bits per heavy atom. The maximum absolute atomic E-state index is 13.2. The van der Waals surface area contributed by atoms with Crippen LogP contribution in [-0.2, 0) is 6.42 Å². The first kappa shape index (κ1) is 18.8. The fraction of sp³-hybridized carbons (Fsp3) is 0.316. The summed E-state index contributed by atoms with van der Waals surface area (Å²) in [4.78, 5) is 21.6. The van der Waals surface area contributed by atoms with Gasteiger partial charge in [0.2, 0.25) is 0 Å². The van der Waals surface area contributed by atoms with Gasteiger partial charge in [0.1, 0.15) is 6.33 Å². The molecule has 0 saturated carbocycles.